The topological polar surface area (TPSA) is 52.6 Å². The van der Waals surface area contributed by atoms with Crippen LogP contribution < -0.4 is 5.32 Å². The van der Waals surface area contributed by atoms with Crippen molar-refractivity contribution in [2.24, 2.45) is 0 Å². The molecule has 0 spiro atoms. The van der Waals surface area contributed by atoms with Gasteiger partial charge in [0, 0.05) is 24.7 Å². The lowest BCUT2D eigenvalue weighted by molar-refractivity contribution is -0.138. The second-order valence-corrected chi connectivity index (χ2v) is 5.34. The zero-order chi connectivity index (χ0) is 11.5. The number of likely N-dealkylation sites (tertiary alicyclic amines) is 1. The number of hydrogen-bond acceptors (Lipinski definition) is 3. The van der Waals surface area contributed by atoms with Crippen molar-refractivity contribution in [1.82, 2.24) is 10.2 Å². The zero-order valence-corrected chi connectivity index (χ0v) is 9.92. The van der Waals surface area contributed by atoms with E-state index in [1.54, 1.807) is 0 Å². The number of rotatable bonds is 3. The van der Waals surface area contributed by atoms with Crippen molar-refractivity contribution < 1.29 is 9.90 Å². The van der Waals surface area contributed by atoms with Crippen molar-refractivity contribution in [2.75, 3.05) is 19.6 Å². The smallest absolute Gasteiger partial charge is 0.317 e. The molecule has 1 saturated heterocycles. The Morgan fingerprint density at radius 1 is 1.40 bits per heavy atom. The minimum absolute atomic E-state index is 0.152. The van der Waals surface area contributed by atoms with E-state index >= 15 is 0 Å². The van der Waals surface area contributed by atoms with Crippen LogP contribution in [-0.4, -0.2) is 47.2 Å². The second-order valence-electron chi connectivity index (χ2n) is 5.34. The second kappa shape index (κ2) is 4.94. The van der Waals surface area contributed by atoms with Crippen LogP contribution in [0.2, 0.25) is 0 Å². The number of aliphatic carboxylic acids is 1. The molecule has 1 aliphatic rings. The Morgan fingerprint density at radius 3 is 2.33 bits per heavy atom. The Hall–Kier alpha value is -0.610. The Balaban J connectivity index is 2.27. The van der Waals surface area contributed by atoms with E-state index in [0.29, 0.717) is 6.04 Å². The number of nitrogens with zero attached hydrogens (tertiary/aromatic N) is 1. The van der Waals surface area contributed by atoms with Gasteiger partial charge in [0.15, 0.2) is 0 Å². The van der Waals surface area contributed by atoms with Gasteiger partial charge in [-0.05, 0) is 33.6 Å². The molecule has 4 nitrogen and oxygen atoms in total. The molecule has 1 aliphatic heterocycles. The van der Waals surface area contributed by atoms with E-state index in [-0.39, 0.29) is 12.1 Å². The normalized spacial score (nSPS) is 20.5. The van der Waals surface area contributed by atoms with E-state index in [4.69, 9.17) is 5.11 Å². The van der Waals surface area contributed by atoms with E-state index in [0.717, 1.165) is 25.9 Å². The largest absolute Gasteiger partial charge is 0.480 e. The Morgan fingerprint density at radius 2 is 1.93 bits per heavy atom. The van der Waals surface area contributed by atoms with Crippen LogP contribution in [0.3, 0.4) is 0 Å². The molecule has 1 heterocycles. The first-order chi connectivity index (χ1) is 6.87. The zero-order valence-electron chi connectivity index (χ0n) is 9.92. The molecule has 2 N–H and O–H groups in total. The van der Waals surface area contributed by atoms with Gasteiger partial charge in [-0.1, -0.05) is 0 Å². The standard InChI is InChI=1S/C11H22N2O2/c1-11(2,3)12-9-4-6-13(7-5-9)8-10(14)15/h9,12H,4-8H2,1-3H3,(H,14,15). The summed E-state index contributed by atoms with van der Waals surface area (Å²) in [6.07, 6.45) is 2.09. The summed E-state index contributed by atoms with van der Waals surface area (Å²) < 4.78 is 0. The maximum atomic E-state index is 10.5. The highest BCUT2D eigenvalue weighted by Crippen LogP contribution is 2.13. The van der Waals surface area contributed by atoms with Crippen LogP contribution in [0, 0.1) is 0 Å². The molecular formula is C11H22N2O2. The van der Waals surface area contributed by atoms with E-state index in [1.807, 2.05) is 4.90 Å². The van der Waals surface area contributed by atoms with Gasteiger partial charge >= 0.3 is 5.97 Å². The summed E-state index contributed by atoms with van der Waals surface area (Å²) in [6, 6.07) is 0.537. The molecule has 0 aromatic heterocycles. The van der Waals surface area contributed by atoms with Gasteiger partial charge < -0.3 is 10.4 Å². The molecule has 0 saturated carbocycles. The van der Waals surface area contributed by atoms with Crippen molar-refractivity contribution in [1.29, 1.82) is 0 Å². The van der Waals surface area contributed by atoms with E-state index < -0.39 is 5.97 Å². The minimum atomic E-state index is -0.725. The average Bonchev–Trinajstić information content (AvgIpc) is 2.05. The fourth-order valence-electron chi connectivity index (χ4n) is 2.04. The van der Waals surface area contributed by atoms with Gasteiger partial charge in [-0.15, -0.1) is 0 Å². The highest BCUT2D eigenvalue weighted by atomic mass is 16.4. The lowest BCUT2D eigenvalue weighted by Gasteiger charge is -2.35. The van der Waals surface area contributed by atoms with E-state index in [2.05, 4.69) is 26.1 Å². The Labute approximate surface area is 91.6 Å². The first-order valence-corrected chi connectivity index (χ1v) is 5.59. The molecule has 4 heteroatoms. The van der Waals surface area contributed by atoms with Crippen LogP contribution in [0.15, 0.2) is 0 Å². The predicted molar refractivity (Wildman–Crippen MR) is 60.0 cm³/mol. The summed E-state index contributed by atoms with van der Waals surface area (Å²) >= 11 is 0. The Bertz CT molecular complexity index is 215. The van der Waals surface area contributed by atoms with Crippen LogP contribution in [-0.2, 0) is 4.79 Å². The number of piperidine rings is 1. The summed E-state index contributed by atoms with van der Waals surface area (Å²) in [6.45, 7) is 8.45. The van der Waals surface area contributed by atoms with Gasteiger partial charge in [0.1, 0.15) is 0 Å². The maximum Gasteiger partial charge on any atom is 0.317 e. The highest BCUT2D eigenvalue weighted by Gasteiger charge is 2.23. The van der Waals surface area contributed by atoms with Crippen LogP contribution in [0.25, 0.3) is 0 Å². The third-order valence-electron chi connectivity index (χ3n) is 2.58. The molecular weight excluding hydrogens is 192 g/mol. The van der Waals surface area contributed by atoms with Gasteiger partial charge in [0.2, 0.25) is 0 Å². The van der Waals surface area contributed by atoms with Crippen molar-refractivity contribution >= 4 is 5.97 Å². The van der Waals surface area contributed by atoms with Crippen molar-refractivity contribution in [3.8, 4) is 0 Å². The van der Waals surface area contributed by atoms with Gasteiger partial charge in [-0.2, -0.15) is 0 Å². The third kappa shape index (κ3) is 5.14. The number of carboxylic acids is 1. The molecule has 0 amide bonds. The Kier molecular flexibility index (Phi) is 4.11. The van der Waals surface area contributed by atoms with Gasteiger partial charge in [-0.25, -0.2) is 0 Å². The van der Waals surface area contributed by atoms with Gasteiger partial charge in [-0.3, -0.25) is 9.69 Å². The molecule has 0 radical (unpaired) electrons. The number of hydrogen-bond donors (Lipinski definition) is 2. The summed E-state index contributed by atoms with van der Waals surface area (Å²) in [5, 5.41) is 12.2. The summed E-state index contributed by atoms with van der Waals surface area (Å²) in [5.74, 6) is -0.725. The number of nitrogens with one attached hydrogen (secondary N) is 1. The monoisotopic (exact) mass is 214 g/mol. The molecule has 0 aromatic rings. The fourth-order valence-corrected chi connectivity index (χ4v) is 2.04. The fraction of sp³-hybridized carbons (Fsp3) is 0.909. The number of carbonyl (C=O) groups is 1. The molecule has 1 rings (SSSR count). The minimum Gasteiger partial charge on any atom is -0.480 e. The molecule has 0 bridgehead atoms. The molecule has 1 fully saturated rings. The summed E-state index contributed by atoms with van der Waals surface area (Å²) in [4.78, 5) is 12.5. The lowest BCUT2D eigenvalue weighted by Crippen LogP contribution is -2.49. The van der Waals surface area contributed by atoms with Crippen molar-refractivity contribution in [3.63, 3.8) is 0 Å². The SMILES string of the molecule is CC(C)(C)NC1CCN(CC(=O)O)CC1. The first kappa shape index (κ1) is 12.5. The van der Waals surface area contributed by atoms with Crippen LogP contribution >= 0.6 is 0 Å². The molecule has 0 atom stereocenters. The van der Waals surface area contributed by atoms with Crippen molar-refractivity contribution in [3.05, 3.63) is 0 Å². The van der Waals surface area contributed by atoms with Gasteiger partial charge in [0.25, 0.3) is 0 Å². The number of carboxylic acid groups (broad SMARTS) is 1. The molecule has 15 heavy (non-hydrogen) atoms. The van der Waals surface area contributed by atoms with Crippen LogP contribution in [0.4, 0.5) is 0 Å². The van der Waals surface area contributed by atoms with E-state index in [9.17, 15) is 4.79 Å². The molecule has 0 unspecified atom stereocenters. The van der Waals surface area contributed by atoms with Crippen LogP contribution in [0.5, 0.6) is 0 Å². The maximum absolute atomic E-state index is 10.5. The quantitative estimate of drug-likeness (QED) is 0.733. The average molecular weight is 214 g/mol. The van der Waals surface area contributed by atoms with Gasteiger partial charge in [0.05, 0.1) is 6.54 Å². The molecule has 0 aromatic carbocycles. The molecule has 0 aliphatic carbocycles. The predicted octanol–water partition coefficient (Wildman–Crippen LogP) is 0.923. The first-order valence-electron chi connectivity index (χ1n) is 5.59. The highest BCUT2D eigenvalue weighted by molar-refractivity contribution is 5.69. The van der Waals surface area contributed by atoms with E-state index in [1.165, 1.54) is 0 Å². The summed E-state index contributed by atoms with van der Waals surface area (Å²) in [7, 11) is 0. The van der Waals surface area contributed by atoms with Crippen LogP contribution in [0.1, 0.15) is 33.6 Å². The third-order valence-corrected chi connectivity index (χ3v) is 2.58. The lowest BCUT2D eigenvalue weighted by atomic mass is 10.00. The molecule has 88 valence electrons. The summed E-state index contributed by atoms with van der Waals surface area (Å²) in [5.41, 5.74) is 0.152. The van der Waals surface area contributed by atoms with Crippen molar-refractivity contribution in [2.45, 2.75) is 45.2 Å².